The molecular weight excluding hydrogens is 671 g/mol. The maximum atomic E-state index is 6.41. The summed E-state index contributed by atoms with van der Waals surface area (Å²) in [6.45, 7) is 0. The van der Waals surface area contributed by atoms with Crippen LogP contribution in [-0.2, 0) is 0 Å². The number of thiophene rings is 1. The topological polar surface area (TPSA) is 69.6 Å². The lowest BCUT2D eigenvalue weighted by atomic mass is 10.1. The van der Waals surface area contributed by atoms with E-state index in [4.69, 9.17) is 24.4 Å². The highest BCUT2D eigenvalue weighted by Crippen LogP contribution is 2.41. The zero-order valence-corrected chi connectivity index (χ0v) is 29.0. The molecule has 0 fully saturated rings. The number of hydrogen-bond acceptors (Lipinski definition) is 6. The molecule has 4 heterocycles. The molecule has 0 saturated heterocycles. The zero-order valence-electron chi connectivity index (χ0n) is 28.1. The first-order valence-corrected chi connectivity index (χ1v) is 18.3. The largest absolute Gasteiger partial charge is 0.436 e. The van der Waals surface area contributed by atoms with E-state index in [9.17, 15) is 0 Å². The fraction of sp³-hybridized carbons (Fsp3) is 0. The minimum Gasteiger partial charge on any atom is -0.436 e. The van der Waals surface area contributed by atoms with Crippen molar-refractivity contribution in [3.05, 3.63) is 164 Å². The van der Waals surface area contributed by atoms with E-state index in [1.54, 1.807) is 0 Å². The third kappa shape index (κ3) is 4.93. The molecule has 11 aromatic rings. The van der Waals surface area contributed by atoms with E-state index in [2.05, 4.69) is 89.5 Å². The average Bonchev–Trinajstić information content (AvgIpc) is 3.92. The van der Waals surface area contributed by atoms with Gasteiger partial charge in [0, 0.05) is 58.9 Å². The van der Waals surface area contributed by atoms with Crippen LogP contribution in [0.2, 0.25) is 0 Å². The Kier molecular flexibility index (Phi) is 6.62. The van der Waals surface area contributed by atoms with Gasteiger partial charge < -0.3 is 8.98 Å². The summed E-state index contributed by atoms with van der Waals surface area (Å²) in [7, 11) is 0. The van der Waals surface area contributed by atoms with E-state index in [0.29, 0.717) is 28.9 Å². The highest BCUT2D eigenvalue weighted by atomic mass is 32.1. The van der Waals surface area contributed by atoms with E-state index in [-0.39, 0.29) is 0 Å². The molecule has 7 aromatic carbocycles. The third-order valence-corrected chi connectivity index (χ3v) is 11.0. The Morgan fingerprint density at radius 3 is 1.77 bits per heavy atom. The Labute approximate surface area is 307 Å². The van der Waals surface area contributed by atoms with Gasteiger partial charge in [-0.2, -0.15) is 0 Å². The Bertz CT molecular complexity index is 3110. The molecule has 53 heavy (non-hydrogen) atoms. The second-order valence-corrected chi connectivity index (χ2v) is 14.2. The number of nitrogens with zero attached hydrogens (tertiary/aromatic N) is 5. The maximum Gasteiger partial charge on any atom is 0.227 e. The third-order valence-electron chi connectivity index (χ3n) is 9.89. The molecule has 0 radical (unpaired) electrons. The summed E-state index contributed by atoms with van der Waals surface area (Å²) >= 11 is 1.85. The molecule has 248 valence electrons. The molecule has 11 rings (SSSR count). The quantitative estimate of drug-likeness (QED) is 0.179. The number of benzene rings is 7. The number of oxazole rings is 1. The second kappa shape index (κ2) is 11.8. The summed E-state index contributed by atoms with van der Waals surface area (Å²) in [4.78, 5) is 19.5. The molecular formula is C46H27N5OS. The zero-order chi connectivity index (χ0) is 34.9. The van der Waals surface area contributed by atoms with Crippen molar-refractivity contribution in [1.82, 2.24) is 24.5 Å². The van der Waals surface area contributed by atoms with E-state index < -0.39 is 0 Å². The summed E-state index contributed by atoms with van der Waals surface area (Å²) < 4.78 is 11.4. The molecule has 0 aliphatic heterocycles. The molecule has 0 bridgehead atoms. The minimum absolute atomic E-state index is 0.559. The van der Waals surface area contributed by atoms with Crippen molar-refractivity contribution in [1.29, 1.82) is 0 Å². The summed E-state index contributed by atoms with van der Waals surface area (Å²) in [5.74, 6) is 2.36. The molecule has 0 aliphatic carbocycles. The van der Waals surface area contributed by atoms with Crippen molar-refractivity contribution in [3.8, 4) is 51.3 Å². The number of rotatable bonds is 5. The highest BCUT2D eigenvalue weighted by molar-refractivity contribution is 7.25. The predicted octanol–water partition coefficient (Wildman–Crippen LogP) is 12.1. The van der Waals surface area contributed by atoms with Crippen LogP contribution in [0.5, 0.6) is 0 Å². The fourth-order valence-corrected chi connectivity index (χ4v) is 8.46. The van der Waals surface area contributed by atoms with Crippen molar-refractivity contribution in [2.24, 2.45) is 0 Å². The molecule has 0 atom stereocenters. The first kappa shape index (κ1) is 29.7. The van der Waals surface area contributed by atoms with Gasteiger partial charge in [0.15, 0.2) is 23.1 Å². The number of fused-ring (bicyclic) bond motifs is 7. The van der Waals surface area contributed by atoms with Gasteiger partial charge in [0.1, 0.15) is 5.52 Å². The van der Waals surface area contributed by atoms with E-state index >= 15 is 0 Å². The first-order valence-electron chi connectivity index (χ1n) is 17.5. The van der Waals surface area contributed by atoms with Crippen molar-refractivity contribution in [3.63, 3.8) is 0 Å². The van der Waals surface area contributed by atoms with Crippen LogP contribution >= 0.6 is 11.3 Å². The Morgan fingerprint density at radius 2 is 1.04 bits per heavy atom. The van der Waals surface area contributed by atoms with Gasteiger partial charge in [0.05, 0.1) is 11.0 Å². The smallest absolute Gasteiger partial charge is 0.227 e. The molecule has 6 nitrogen and oxygen atoms in total. The van der Waals surface area contributed by atoms with Crippen LogP contribution < -0.4 is 0 Å². The summed E-state index contributed by atoms with van der Waals surface area (Å²) in [5.41, 5.74) is 8.46. The van der Waals surface area contributed by atoms with E-state index in [1.165, 1.54) is 42.0 Å². The number of para-hydroxylation sites is 1. The molecule has 4 aromatic heterocycles. The van der Waals surface area contributed by atoms with Crippen LogP contribution in [0, 0.1) is 0 Å². The van der Waals surface area contributed by atoms with Gasteiger partial charge in [-0.3, -0.25) is 0 Å². The Morgan fingerprint density at radius 1 is 0.415 bits per heavy atom. The van der Waals surface area contributed by atoms with Gasteiger partial charge in [-0.15, -0.1) is 11.3 Å². The fourth-order valence-electron chi connectivity index (χ4n) is 7.34. The van der Waals surface area contributed by atoms with Gasteiger partial charge >= 0.3 is 0 Å². The molecule has 0 amide bonds. The first-order chi connectivity index (χ1) is 26.2. The SMILES string of the molecule is c1ccc(-c2nc(-c3ccccc3)nc(-c3ccc4nc(-c5ccc(-n6c7ccccc7c7cc8c(cc76)sc6ccccc68)cc5)oc4c3)n2)cc1. The lowest BCUT2D eigenvalue weighted by molar-refractivity contribution is 0.620. The molecule has 0 unspecified atom stereocenters. The minimum atomic E-state index is 0.559. The van der Waals surface area contributed by atoms with Crippen LogP contribution in [-0.4, -0.2) is 24.5 Å². The normalized spacial score (nSPS) is 11.8. The second-order valence-electron chi connectivity index (χ2n) is 13.1. The molecule has 7 heteroatoms. The van der Waals surface area contributed by atoms with Crippen LogP contribution in [0.3, 0.4) is 0 Å². The predicted molar refractivity (Wildman–Crippen MR) is 216 cm³/mol. The van der Waals surface area contributed by atoms with Crippen LogP contribution in [0.15, 0.2) is 168 Å². The van der Waals surface area contributed by atoms with Crippen LogP contribution in [0.1, 0.15) is 0 Å². The number of aromatic nitrogens is 5. The molecule has 0 spiro atoms. The lowest BCUT2D eigenvalue weighted by Crippen LogP contribution is -2.00. The molecule has 0 aliphatic rings. The van der Waals surface area contributed by atoms with Gasteiger partial charge in [-0.25, -0.2) is 19.9 Å². The van der Waals surface area contributed by atoms with Gasteiger partial charge in [0.25, 0.3) is 0 Å². The summed E-state index contributed by atoms with van der Waals surface area (Å²) in [6.07, 6.45) is 0. The van der Waals surface area contributed by atoms with Crippen molar-refractivity contribution >= 4 is 64.4 Å². The summed E-state index contributed by atoms with van der Waals surface area (Å²) in [5, 5.41) is 5.10. The summed E-state index contributed by atoms with van der Waals surface area (Å²) in [6, 6.07) is 56.4. The van der Waals surface area contributed by atoms with Crippen LogP contribution in [0.4, 0.5) is 0 Å². The maximum absolute atomic E-state index is 6.41. The molecule has 0 N–H and O–H groups in total. The van der Waals surface area contributed by atoms with E-state index in [0.717, 1.165) is 33.5 Å². The van der Waals surface area contributed by atoms with Crippen LogP contribution in [0.25, 0.3) is 104 Å². The van der Waals surface area contributed by atoms with Crippen molar-refractivity contribution < 1.29 is 4.42 Å². The average molecular weight is 698 g/mol. The monoisotopic (exact) mass is 697 g/mol. The van der Waals surface area contributed by atoms with Gasteiger partial charge in [0.2, 0.25) is 5.89 Å². The highest BCUT2D eigenvalue weighted by Gasteiger charge is 2.18. The number of hydrogen-bond donors (Lipinski definition) is 0. The Hall–Kier alpha value is -6.96. The van der Waals surface area contributed by atoms with Gasteiger partial charge in [-0.1, -0.05) is 97.1 Å². The molecule has 0 saturated carbocycles. The van der Waals surface area contributed by atoms with Gasteiger partial charge in [-0.05, 0) is 66.7 Å². The lowest BCUT2D eigenvalue weighted by Gasteiger charge is -2.08. The van der Waals surface area contributed by atoms with E-state index in [1.807, 2.05) is 90.2 Å². The van der Waals surface area contributed by atoms with Crippen molar-refractivity contribution in [2.45, 2.75) is 0 Å². The Balaban J connectivity index is 0.979. The van der Waals surface area contributed by atoms with Crippen molar-refractivity contribution in [2.75, 3.05) is 0 Å². The standard InChI is InChI=1S/C46H27N5OS/c1-3-11-28(12-4-1)43-48-44(29-13-5-2-6-14-29)50-45(49-43)31-21-24-37-40(25-31)52-46(47-37)30-19-22-32(23-20-30)51-38-17-9-7-15-33(38)35-26-36-34-16-8-10-18-41(34)53-42(36)27-39(35)51/h1-27H.